The van der Waals surface area contributed by atoms with Gasteiger partial charge in [0.25, 0.3) is 0 Å². The zero-order chi connectivity index (χ0) is 14.3. The highest BCUT2D eigenvalue weighted by Gasteiger charge is 2.41. The van der Waals surface area contributed by atoms with Gasteiger partial charge in [-0.05, 0) is 18.8 Å². The van der Waals surface area contributed by atoms with E-state index in [0.717, 1.165) is 12.8 Å². The summed E-state index contributed by atoms with van der Waals surface area (Å²) in [6, 6.07) is 2.13. The molecule has 0 spiro atoms. The summed E-state index contributed by atoms with van der Waals surface area (Å²) in [6.45, 7) is 5.00. The second kappa shape index (κ2) is 7.46. The fraction of sp³-hybridized carbons (Fsp3) is 0.857. The van der Waals surface area contributed by atoms with Crippen molar-refractivity contribution in [1.29, 1.82) is 5.26 Å². The number of hydrogen-bond acceptors (Lipinski definition) is 4. The van der Waals surface area contributed by atoms with Crippen molar-refractivity contribution in [1.82, 2.24) is 5.32 Å². The Morgan fingerprint density at radius 1 is 1.42 bits per heavy atom. The largest absolute Gasteiger partial charge is 0.389 e. The number of carbonyl (C=O) groups excluding carboxylic acids is 1. The van der Waals surface area contributed by atoms with Gasteiger partial charge in [-0.25, -0.2) is 0 Å². The minimum Gasteiger partial charge on any atom is -0.389 e. The van der Waals surface area contributed by atoms with Gasteiger partial charge in [0.15, 0.2) is 0 Å². The molecule has 1 aliphatic rings. The number of rotatable bonds is 7. The number of ether oxygens (including phenoxy) is 1. The lowest BCUT2D eigenvalue weighted by atomic mass is 9.87. The molecule has 5 heteroatoms. The molecule has 0 aromatic heterocycles. The summed E-state index contributed by atoms with van der Waals surface area (Å²) in [5, 5.41) is 21.5. The predicted molar refractivity (Wildman–Crippen MR) is 71.2 cm³/mol. The summed E-state index contributed by atoms with van der Waals surface area (Å²) in [5.41, 5.74) is -0.876. The van der Waals surface area contributed by atoms with E-state index in [2.05, 4.69) is 11.4 Å². The normalized spacial score (nSPS) is 19.1. The van der Waals surface area contributed by atoms with Crippen LogP contribution in [0, 0.1) is 22.7 Å². The highest BCUT2D eigenvalue weighted by atomic mass is 16.5. The summed E-state index contributed by atoms with van der Waals surface area (Å²) in [5.74, 6) is 0.164. The fourth-order valence-corrected chi connectivity index (χ4v) is 2.25. The first kappa shape index (κ1) is 15.9. The quantitative estimate of drug-likeness (QED) is 0.727. The van der Waals surface area contributed by atoms with Crippen LogP contribution in [0.15, 0.2) is 0 Å². The fourth-order valence-electron chi connectivity index (χ4n) is 2.25. The second-order valence-electron chi connectivity index (χ2n) is 5.70. The summed E-state index contributed by atoms with van der Waals surface area (Å²) < 4.78 is 5.30. The lowest BCUT2D eigenvalue weighted by Crippen LogP contribution is -2.42. The van der Waals surface area contributed by atoms with Crippen molar-refractivity contribution >= 4 is 5.91 Å². The third-order valence-corrected chi connectivity index (χ3v) is 3.37. The Hall–Kier alpha value is -1.12. The van der Waals surface area contributed by atoms with Crippen molar-refractivity contribution < 1.29 is 14.6 Å². The minimum atomic E-state index is -0.876. The molecule has 19 heavy (non-hydrogen) atoms. The maximum atomic E-state index is 12.0. The molecule has 2 N–H and O–H groups in total. The number of aliphatic hydroxyl groups is 1. The Balaban J connectivity index is 2.28. The molecule has 0 saturated heterocycles. The highest BCUT2D eigenvalue weighted by Crippen LogP contribution is 2.37. The lowest BCUT2D eigenvalue weighted by Gasteiger charge is -2.20. The Morgan fingerprint density at radius 2 is 2.05 bits per heavy atom. The lowest BCUT2D eigenvalue weighted by molar-refractivity contribution is -0.128. The van der Waals surface area contributed by atoms with Crippen LogP contribution in [-0.4, -0.2) is 36.9 Å². The van der Waals surface area contributed by atoms with Crippen molar-refractivity contribution in [3.63, 3.8) is 0 Å². The number of nitriles is 1. The first-order chi connectivity index (χ1) is 9.00. The highest BCUT2D eigenvalue weighted by molar-refractivity contribution is 5.85. The second-order valence-corrected chi connectivity index (χ2v) is 5.70. The van der Waals surface area contributed by atoms with E-state index < -0.39 is 11.5 Å². The molecular formula is C14H24N2O3. The van der Waals surface area contributed by atoms with Crippen LogP contribution >= 0.6 is 0 Å². The van der Waals surface area contributed by atoms with Crippen LogP contribution in [0.2, 0.25) is 0 Å². The van der Waals surface area contributed by atoms with Gasteiger partial charge in [0.2, 0.25) is 5.91 Å². The van der Waals surface area contributed by atoms with Crippen LogP contribution in [0.5, 0.6) is 0 Å². The third-order valence-electron chi connectivity index (χ3n) is 3.37. The zero-order valence-electron chi connectivity index (χ0n) is 11.8. The standard InChI is InChI=1S/C14H24N2O3/c1-11(2)8-19-9-12(17)7-16-13(18)14(10-15)5-3-4-6-14/h11-12,17H,3-9H2,1-2H3,(H,16,18)/t12-/m0/s1. The number of nitrogens with zero attached hydrogens (tertiary/aromatic N) is 1. The first-order valence-corrected chi connectivity index (χ1v) is 6.95. The Labute approximate surface area is 114 Å². The van der Waals surface area contributed by atoms with Crippen LogP contribution in [0.25, 0.3) is 0 Å². The third kappa shape index (κ3) is 4.81. The molecule has 1 amide bonds. The minimum absolute atomic E-state index is 0.139. The van der Waals surface area contributed by atoms with Crippen molar-refractivity contribution in [2.75, 3.05) is 19.8 Å². The van der Waals surface area contributed by atoms with E-state index in [1.54, 1.807) is 0 Å². The number of hydrogen-bond donors (Lipinski definition) is 2. The van der Waals surface area contributed by atoms with Crippen LogP contribution in [0.4, 0.5) is 0 Å². The molecule has 0 unspecified atom stereocenters. The molecule has 0 aromatic rings. The van der Waals surface area contributed by atoms with Gasteiger partial charge in [-0.3, -0.25) is 4.79 Å². The Kier molecular flexibility index (Phi) is 6.26. The van der Waals surface area contributed by atoms with Gasteiger partial charge in [0, 0.05) is 13.2 Å². The Bertz CT molecular complexity index is 330. The maximum absolute atomic E-state index is 12.0. The molecule has 1 fully saturated rings. The molecule has 0 heterocycles. The maximum Gasteiger partial charge on any atom is 0.240 e. The molecule has 0 bridgehead atoms. The van der Waals surface area contributed by atoms with Crippen LogP contribution in [0.3, 0.4) is 0 Å². The zero-order valence-corrected chi connectivity index (χ0v) is 11.8. The van der Waals surface area contributed by atoms with Crippen molar-refractivity contribution in [3.05, 3.63) is 0 Å². The van der Waals surface area contributed by atoms with E-state index in [1.165, 1.54) is 0 Å². The van der Waals surface area contributed by atoms with Crippen molar-refractivity contribution in [3.8, 4) is 6.07 Å². The van der Waals surface area contributed by atoms with E-state index in [0.29, 0.717) is 25.4 Å². The van der Waals surface area contributed by atoms with Gasteiger partial charge in [0.1, 0.15) is 5.41 Å². The molecule has 108 valence electrons. The van der Waals surface area contributed by atoms with Gasteiger partial charge in [-0.2, -0.15) is 5.26 Å². The van der Waals surface area contributed by atoms with Crippen LogP contribution < -0.4 is 5.32 Å². The predicted octanol–water partition coefficient (Wildman–Crippen LogP) is 1.22. The summed E-state index contributed by atoms with van der Waals surface area (Å²) >= 11 is 0. The summed E-state index contributed by atoms with van der Waals surface area (Å²) in [7, 11) is 0. The van der Waals surface area contributed by atoms with Crippen molar-refractivity contribution in [2.24, 2.45) is 11.3 Å². The van der Waals surface area contributed by atoms with Crippen LogP contribution in [0.1, 0.15) is 39.5 Å². The van der Waals surface area contributed by atoms with Gasteiger partial charge in [-0.15, -0.1) is 0 Å². The van der Waals surface area contributed by atoms with E-state index in [-0.39, 0.29) is 19.1 Å². The molecule has 1 rings (SSSR count). The average Bonchev–Trinajstić information content (AvgIpc) is 2.85. The molecular weight excluding hydrogens is 244 g/mol. The van der Waals surface area contributed by atoms with E-state index in [1.807, 2.05) is 13.8 Å². The van der Waals surface area contributed by atoms with Crippen LogP contribution in [-0.2, 0) is 9.53 Å². The summed E-state index contributed by atoms with van der Waals surface area (Å²) in [6.07, 6.45) is 2.35. The van der Waals surface area contributed by atoms with Gasteiger partial charge in [0.05, 0.1) is 18.8 Å². The molecule has 0 radical (unpaired) electrons. The van der Waals surface area contributed by atoms with Gasteiger partial charge in [-0.1, -0.05) is 26.7 Å². The van der Waals surface area contributed by atoms with E-state index >= 15 is 0 Å². The molecule has 1 aliphatic carbocycles. The Morgan fingerprint density at radius 3 is 2.58 bits per heavy atom. The van der Waals surface area contributed by atoms with Gasteiger partial charge < -0.3 is 15.2 Å². The van der Waals surface area contributed by atoms with Gasteiger partial charge >= 0.3 is 0 Å². The molecule has 1 atom stereocenters. The smallest absolute Gasteiger partial charge is 0.240 e. The first-order valence-electron chi connectivity index (χ1n) is 6.95. The number of nitrogens with one attached hydrogen (secondary N) is 1. The monoisotopic (exact) mass is 268 g/mol. The molecule has 0 aromatic carbocycles. The van der Waals surface area contributed by atoms with E-state index in [9.17, 15) is 9.90 Å². The number of amides is 1. The average molecular weight is 268 g/mol. The molecule has 5 nitrogen and oxygen atoms in total. The SMILES string of the molecule is CC(C)COC[C@@H](O)CNC(=O)C1(C#N)CCCC1. The van der Waals surface area contributed by atoms with Crippen molar-refractivity contribution in [2.45, 2.75) is 45.6 Å². The molecule has 0 aliphatic heterocycles. The van der Waals surface area contributed by atoms with E-state index in [4.69, 9.17) is 10.00 Å². The summed E-state index contributed by atoms with van der Waals surface area (Å²) in [4.78, 5) is 12.0. The molecule has 1 saturated carbocycles. The topological polar surface area (TPSA) is 82.3 Å². The number of carbonyl (C=O) groups is 1. The number of aliphatic hydroxyl groups excluding tert-OH is 1.